The van der Waals surface area contributed by atoms with E-state index in [0.29, 0.717) is 0 Å². The molecule has 0 bridgehead atoms. The van der Waals surface area contributed by atoms with Gasteiger partial charge in [-0.3, -0.25) is 0 Å². The number of hydrogen-bond donors (Lipinski definition) is 0. The summed E-state index contributed by atoms with van der Waals surface area (Å²) in [7, 11) is 0. The van der Waals surface area contributed by atoms with Gasteiger partial charge in [-0.2, -0.15) is 0 Å². The van der Waals surface area contributed by atoms with Crippen LogP contribution in [-0.4, -0.2) is 9.55 Å². The minimum absolute atomic E-state index is 0.0654. The number of nitrogens with zero attached hydrogens (tertiary/aromatic N) is 2. The van der Waals surface area contributed by atoms with E-state index in [2.05, 4.69) is 24.0 Å². The number of aryl methyl sites for hydroxylation is 2. The molecule has 128 valence electrons. The average molecular weight is 338 g/mol. The zero-order chi connectivity index (χ0) is 17.4. The molecule has 0 saturated carbocycles. The van der Waals surface area contributed by atoms with Gasteiger partial charge in [0.1, 0.15) is 11.6 Å². The molecule has 0 aliphatic heterocycles. The molecule has 1 aliphatic rings. The van der Waals surface area contributed by atoms with Crippen LogP contribution in [0.15, 0.2) is 49.1 Å². The van der Waals surface area contributed by atoms with Gasteiger partial charge in [-0.05, 0) is 67.0 Å². The first-order valence-corrected chi connectivity index (χ1v) is 8.69. The van der Waals surface area contributed by atoms with Gasteiger partial charge >= 0.3 is 0 Å². The Balaban J connectivity index is 1.92. The second kappa shape index (κ2) is 6.43. The molecule has 1 unspecified atom stereocenters. The monoisotopic (exact) mass is 338 g/mol. The van der Waals surface area contributed by atoms with Crippen LogP contribution in [0.25, 0.3) is 0 Å². The molecule has 1 atom stereocenters. The Bertz CT molecular complexity index is 880. The fourth-order valence-electron chi connectivity index (χ4n) is 3.96. The third kappa shape index (κ3) is 2.86. The maximum atomic E-state index is 14.5. The van der Waals surface area contributed by atoms with Crippen LogP contribution in [0.1, 0.15) is 46.7 Å². The summed E-state index contributed by atoms with van der Waals surface area (Å²) >= 11 is 0. The first kappa shape index (κ1) is 16.0. The van der Waals surface area contributed by atoms with E-state index in [9.17, 15) is 8.78 Å². The largest absolute Gasteiger partial charge is 0.326 e. The second-order valence-electron chi connectivity index (χ2n) is 6.73. The summed E-state index contributed by atoms with van der Waals surface area (Å²) in [6.45, 7) is 2.09. The van der Waals surface area contributed by atoms with E-state index >= 15 is 0 Å². The lowest BCUT2D eigenvalue weighted by Crippen LogP contribution is -2.16. The van der Waals surface area contributed by atoms with Crippen molar-refractivity contribution in [1.82, 2.24) is 9.55 Å². The van der Waals surface area contributed by atoms with E-state index in [1.165, 1.54) is 47.7 Å². The standard InChI is InChI=1S/C21H20F2N2/c1-14-11-16(12-15-5-2-3-6-17(14)15)21(25-10-9-24-13-25)20-18(22)7-4-8-19(20)23/h4,7-13,21H,2-3,5-6H2,1H3. The molecule has 0 saturated heterocycles. The second-order valence-corrected chi connectivity index (χ2v) is 6.73. The van der Waals surface area contributed by atoms with Crippen molar-refractivity contribution in [1.29, 1.82) is 0 Å². The van der Waals surface area contributed by atoms with Crippen molar-refractivity contribution in [3.8, 4) is 0 Å². The van der Waals surface area contributed by atoms with Crippen LogP contribution in [0.3, 0.4) is 0 Å². The highest BCUT2D eigenvalue weighted by Crippen LogP contribution is 2.34. The van der Waals surface area contributed by atoms with E-state index in [1.807, 2.05) is 0 Å². The first-order valence-electron chi connectivity index (χ1n) is 8.69. The Morgan fingerprint density at radius 2 is 1.84 bits per heavy atom. The van der Waals surface area contributed by atoms with Crippen LogP contribution < -0.4 is 0 Å². The molecule has 0 spiro atoms. The van der Waals surface area contributed by atoms with Crippen molar-refractivity contribution in [2.24, 2.45) is 0 Å². The van der Waals surface area contributed by atoms with Crippen molar-refractivity contribution in [3.05, 3.63) is 88.5 Å². The van der Waals surface area contributed by atoms with Crippen molar-refractivity contribution < 1.29 is 8.78 Å². The highest BCUT2D eigenvalue weighted by molar-refractivity contribution is 5.44. The lowest BCUT2D eigenvalue weighted by Gasteiger charge is -2.25. The number of aromatic nitrogens is 2. The van der Waals surface area contributed by atoms with E-state index in [1.54, 1.807) is 23.3 Å². The summed E-state index contributed by atoms with van der Waals surface area (Å²) in [6.07, 6.45) is 9.50. The number of hydrogen-bond acceptors (Lipinski definition) is 1. The predicted molar refractivity (Wildman–Crippen MR) is 93.6 cm³/mol. The number of imidazole rings is 1. The quantitative estimate of drug-likeness (QED) is 0.658. The molecule has 1 heterocycles. The molecule has 25 heavy (non-hydrogen) atoms. The van der Waals surface area contributed by atoms with Crippen LogP contribution in [0, 0.1) is 18.6 Å². The summed E-state index contributed by atoms with van der Waals surface area (Å²) in [5.41, 5.74) is 4.88. The normalized spacial score (nSPS) is 15.0. The zero-order valence-electron chi connectivity index (χ0n) is 14.2. The Hall–Kier alpha value is -2.49. The number of halogens is 2. The van der Waals surface area contributed by atoms with Crippen molar-refractivity contribution in [2.75, 3.05) is 0 Å². The van der Waals surface area contributed by atoms with Crippen LogP contribution in [0.5, 0.6) is 0 Å². The first-order chi connectivity index (χ1) is 12.1. The molecule has 0 fully saturated rings. The van der Waals surface area contributed by atoms with Gasteiger partial charge < -0.3 is 4.57 Å². The molecule has 1 aliphatic carbocycles. The van der Waals surface area contributed by atoms with E-state index in [0.717, 1.165) is 18.4 Å². The third-order valence-electron chi connectivity index (χ3n) is 5.12. The van der Waals surface area contributed by atoms with Crippen LogP contribution in [0.4, 0.5) is 8.78 Å². The van der Waals surface area contributed by atoms with Crippen LogP contribution in [-0.2, 0) is 12.8 Å². The molecule has 0 N–H and O–H groups in total. The number of benzene rings is 2. The smallest absolute Gasteiger partial charge is 0.131 e. The highest BCUT2D eigenvalue weighted by atomic mass is 19.1. The van der Waals surface area contributed by atoms with E-state index < -0.39 is 17.7 Å². The van der Waals surface area contributed by atoms with Gasteiger partial charge in [0.2, 0.25) is 0 Å². The van der Waals surface area contributed by atoms with Crippen molar-refractivity contribution in [2.45, 2.75) is 38.6 Å². The van der Waals surface area contributed by atoms with Gasteiger partial charge in [0, 0.05) is 12.4 Å². The van der Waals surface area contributed by atoms with Crippen LogP contribution in [0.2, 0.25) is 0 Å². The summed E-state index contributed by atoms with van der Waals surface area (Å²) < 4.78 is 30.9. The Labute approximate surface area is 146 Å². The Morgan fingerprint density at radius 1 is 1.08 bits per heavy atom. The molecule has 0 radical (unpaired) electrons. The molecular formula is C21H20F2N2. The summed E-state index contributed by atoms with van der Waals surface area (Å²) in [6, 6.07) is 7.66. The molecule has 3 aromatic rings. The van der Waals surface area contributed by atoms with Gasteiger partial charge in [0.25, 0.3) is 0 Å². The van der Waals surface area contributed by atoms with Gasteiger partial charge in [0.15, 0.2) is 0 Å². The van der Waals surface area contributed by atoms with Crippen LogP contribution >= 0.6 is 0 Å². The molecular weight excluding hydrogens is 318 g/mol. The van der Waals surface area contributed by atoms with Gasteiger partial charge in [-0.1, -0.05) is 18.2 Å². The lowest BCUT2D eigenvalue weighted by molar-refractivity contribution is 0.518. The van der Waals surface area contributed by atoms with Gasteiger partial charge in [0.05, 0.1) is 17.9 Å². The third-order valence-corrected chi connectivity index (χ3v) is 5.12. The lowest BCUT2D eigenvalue weighted by atomic mass is 9.84. The van der Waals surface area contributed by atoms with E-state index in [4.69, 9.17) is 0 Å². The van der Waals surface area contributed by atoms with E-state index in [-0.39, 0.29) is 5.56 Å². The SMILES string of the molecule is Cc1cc(C(c2c(F)cccc2F)n2ccnc2)cc2c1CCCC2. The predicted octanol–water partition coefficient (Wildman–Crippen LogP) is 4.99. The number of rotatable bonds is 3. The maximum absolute atomic E-state index is 14.5. The number of fused-ring (bicyclic) bond motifs is 1. The molecule has 2 nitrogen and oxygen atoms in total. The molecule has 0 amide bonds. The highest BCUT2D eigenvalue weighted by Gasteiger charge is 2.25. The summed E-state index contributed by atoms with van der Waals surface area (Å²) in [4.78, 5) is 4.08. The molecule has 2 aromatic carbocycles. The minimum Gasteiger partial charge on any atom is -0.326 e. The van der Waals surface area contributed by atoms with Crippen molar-refractivity contribution >= 4 is 0 Å². The summed E-state index contributed by atoms with van der Waals surface area (Å²) in [5, 5.41) is 0. The maximum Gasteiger partial charge on any atom is 0.131 e. The Kier molecular flexibility index (Phi) is 4.12. The molecule has 1 aromatic heterocycles. The zero-order valence-corrected chi connectivity index (χ0v) is 14.2. The molecule has 4 rings (SSSR count). The van der Waals surface area contributed by atoms with Gasteiger partial charge in [-0.25, -0.2) is 13.8 Å². The summed E-state index contributed by atoms with van der Waals surface area (Å²) in [5.74, 6) is -1.07. The Morgan fingerprint density at radius 3 is 2.56 bits per heavy atom. The van der Waals surface area contributed by atoms with Gasteiger partial charge in [-0.15, -0.1) is 0 Å². The van der Waals surface area contributed by atoms with Crippen molar-refractivity contribution in [3.63, 3.8) is 0 Å². The minimum atomic E-state index is -0.561. The average Bonchev–Trinajstić information content (AvgIpc) is 3.12. The fraction of sp³-hybridized carbons (Fsp3) is 0.286. The molecule has 4 heteroatoms. The fourth-order valence-corrected chi connectivity index (χ4v) is 3.96. The topological polar surface area (TPSA) is 17.8 Å².